The summed E-state index contributed by atoms with van der Waals surface area (Å²) in [5.74, 6) is 0.147. The molecule has 4 aromatic rings. The van der Waals surface area contributed by atoms with E-state index in [2.05, 4.69) is 24.7 Å². The Hall–Kier alpha value is -4.37. The molecule has 1 aromatic carbocycles. The van der Waals surface area contributed by atoms with Gasteiger partial charge in [0.15, 0.2) is 5.82 Å². The van der Waals surface area contributed by atoms with Gasteiger partial charge in [-0.15, -0.1) is 4.98 Å². The number of hydrogen-bond acceptors (Lipinski definition) is 6. The third-order valence-electron chi connectivity index (χ3n) is 7.58. The molecule has 0 N–H and O–H groups in total. The number of hydrogen-bond donors (Lipinski definition) is 0. The molecule has 3 aromatic heterocycles. The molecule has 12 heteroatoms. The molecule has 1 aliphatic heterocycles. The van der Waals surface area contributed by atoms with Crippen LogP contribution in [0.5, 0.6) is 0 Å². The Labute approximate surface area is 233 Å². The van der Waals surface area contributed by atoms with E-state index in [0.717, 1.165) is 12.3 Å². The fourth-order valence-corrected chi connectivity index (χ4v) is 5.40. The molecule has 41 heavy (non-hydrogen) atoms. The smallest absolute Gasteiger partial charge is 0.361 e. The summed E-state index contributed by atoms with van der Waals surface area (Å²) in [4.78, 5) is 33.4. The van der Waals surface area contributed by atoms with Crippen LogP contribution in [0.3, 0.4) is 0 Å². The maximum atomic E-state index is 13.8. The van der Waals surface area contributed by atoms with E-state index < -0.39 is 29.3 Å². The lowest BCUT2D eigenvalue weighted by atomic mass is 9.95. The summed E-state index contributed by atoms with van der Waals surface area (Å²) >= 11 is 0. The van der Waals surface area contributed by atoms with Crippen LogP contribution >= 0.6 is 0 Å². The van der Waals surface area contributed by atoms with Crippen LogP contribution in [0.25, 0.3) is 15.9 Å². The molecular weight excluding hydrogens is 538 g/mol. The van der Waals surface area contributed by atoms with Gasteiger partial charge in [0, 0.05) is 38.4 Å². The Morgan fingerprint density at radius 1 is 1.07 bits per heavy atom. The second-order valence-electron chi connectivity index (χ2n) is 10.1. The number of aromatic nitrogens is 4. The molecule has 0 spiro atoms. The normalized spacial score (nSPS) is 18.8. The van der Waals surface area contributed by atoms with E-state index in [1.807, 2.05) is 18.7 Å². The monoisotopic (exact) mass is 565 g/mol. The molecule has 212 valence electrons. The first kappa shape index (κ1) is 28.2. The molecule has 1 aliphatic rings. The summed E-state index contributed by atoms with van der Waals surface area (Å²) in [6.45, 7) is 12.2. The SMILES string of the molecule is [C-]#[N+]c1ccc2c(n1)c(N1C[C@@H](C)N(C(c3ccc(F)cc3)c3ccc(C(F)(F)F)cn3)C[C@@H]1CC)nc(=O)n2C. The van der Waals surface area contributed by atoms with Gasteiger partial charge in [-0.3, -0.25) is 14.5 Å². The van der Waals surface area contributed by atoms with E-state index >= 15 is 0 Å². The van der Waals surface area contributed by atoms with Crippen molar-refractivity contribution in [2.24, 2.45) is 7.05 Å². The quantitative estimate of drug-likeness (QED) is 0.235. The Balaban J connectivity index is 1.57. The standard InChI is InChI=1S/C29H27F4N7O/c1-5-21-16-39(26(18-6-9-20(30)10-7-18)22-11-8-19(14-35-22)29(31,32)33)17(2)15-40(21)27-25-23(38(4)28(41)37-27)12-13-24(34-3)36-25/h6-14,17,21,26H,5,15-16H2,1-2,4H3/t17-,21+,26?/m1/s1. The van der Waals surface area contributed by atoms with Crippen LogP contribution in [0.2, 0.25) is 0 Å². The number of benzene rings is 1. The van der Waals surface area contributed by atoms with E-state index in [1.54, 1.807) is 31.3 Å². The molecule has 0 aliphatic carbocycles. The predicted octanol–water partition coefficient (Wildman–Crippen LogP) is 5.51. The van der Waals surface area contributed by atoms with Gasteiger partial charge in [0.2, 0.25) is 5.52 Å². The van der Waals surface area contributed by atoms with Crippen LogP contribution in [0.4, 0.5) is 29.2 Å². The van der Waals surface area contributed by atoms with Gasteiger partial charge in [0.25, 0.3) is 5.82 Å². The molecule has 4 heterocycles. The largest absolute Gasteiger partial charge is 0.417 e. The molecule has 0 saturated carbocycles. The van der Waals surface area contributed by atoms with Gasteiger partial charge in [0.1, 0.15) is 5.82 Å². The molecule has 8 nitrogen and oxygen atoms in total. The van der Waals surface area contributed by atoms with E-state index in [4.69, 9.17) is 6.57 Å². The molecule has 0 bridgehead atoms. The molecule has 5 rings (SSSR count). The lowest BCUT2D eigenvalue weighted by Gasteiger charge is -2.48. The molecule has 0 radical (unpaired) electrons. The Morgan fingerprint density at radius 3 is 2.41 bits per heavy atom. The maximum absolute atomic E-state index is 13.8. The van der Waals surface area contributed by atoms with Crippen LogP contribution in [0, 0.1) is 12.4 Å². The second-order valence-corrected chi connectivity index (χ2v) is 10.1. The number of pyridine rings is 2. The lowest BCUT2D eigenvalue weighted by Crippen LogP contribution is -2.58. The minimum absolute atomic E-state index is 0.162. The molecule has 1 saturated heterocycles. The van der Waals surface area contributed by atoms with Crippen molar-refractivity contribution in [3.63, 3.8) is 0 Å². The number of rotatable bonds is 5. The van der Waals surface area contributed by atoms with Crippen molar-refractivity contribution in [1.29, 1.82) is 0 Å². The highest BCUT2D eigenvalue weighted by Crippen LogP contribution is 2.37. The van der Waals surface area contributed by atoms with Crippen LogP contribution < -0.4 is 10.6 Å². The van der Waals surface area contributed by atoms with Gasteiger partial charge in [0.05, 0.1) is 22.8 Å². The van der Waals surface area contributed by atoms with E-state index in [1.165, 1.54) is 22.8 Å². The average molecular weight is 566 g/mol. The second kappa shape index (κ2) is 10.9. The minimum atomic E-state index is -4.52. The average Bonchev–Trinajstić information content (AvgIpc) is 2.96. The topological polar surface area (TPSA) is 71.5 Å². The van der Waals surface area contributed by atoms with Crippen LogP contribution in [-0.2, 0) is 13.2 Å². The number of nitrogens with zero attached hydrogens (tertiary/aromatic N) is 7. The highest BCUT2D eigenvalue weighted by molar-refractivity contribution is 5.87. The fourth-order valence-electron chi connectivity index (χ4n) is 5.40. The van der Waals surface area contributed by atoms with Gasteiger partial charge in [-0.05, 0) is 55.3 Å². The zero-order chi connectivity index (χ0) is 29.5. The molecular formula is C29H27F4N7O. The van der Waals surface area contributed by atoms with Gasteiger partial charge in [-0.2, -0.15) is 18.2 Å². The molecule has 1 unspecified atom stereocenters. The van der Waals surface area contributed by atoms with E-state index in [-0.39, 0.29) is 17.9 Å². The van der Waals surface area contributed by atoms with E-state index in [0.29, 0.717) is 47.6 Å². The Morgan fingerprint density at radius 2 is 1.80 bits per heavy atom. The van der Waals surface area contributed by atoms with Crippen molar-refractivity contribution >= 4 is 22.7 Å². The zero-order valence-electron chi connectivity index (χ0n) is 22.6. The van der Waals surface area contributed by atoms with Gasteiger partial charge < -0.3 is 9.74 Å². The van der Waals surface area contributed by atoms with Crippen molar-refractivity contribution in [2.75, 3.05) is 18.0 Å². The number of alkyl halides is 3. The van der Waals surface area contributed by atoms with Crippen molar-refractivity contribution in [2.45, 2.75) is 44.6 Å². The van der Waals surface area contributed by atoms with Crippen molar-refractivity contribution < 1.29 is 17.6 Å². The summed E-state index contributed by atoms with van der Waals surface area (Å²) < 4.78 is 55.0. The summed E-state index contributed by atoms with van der Waals surface area (Å²) in [6, 6.07) is 10.6. The van der Waals surface area contributed by atoms with Gasteiger partial charge in [-0.1, -0.05) is 25.6 Å². The molecule has 0 amide bonds. The van der Waals surface area contributed by atoms with Crippen molar-refractivity contribution in [3.8, 4) is 0 Å². The van der Waals surface area contributed by atoms with Gasteiger partial charge in [-0.25, -0.2) is 9.18 Å². The van der Waals surface area contributed by atoms with E-state index in [9.17, 15) is 22.4 Å². The molecule has 3 atom stereocenters. The summed E-state index contributed by atoms with van der Waals surface area (Å²) in [6.07, 6.45) is -3.05. The summed E-state index contributed by atoms with van der Waals surface area (Å²) in [5.41, 5.74) is 0.788. The minimum Gasteiger partial charge on any atom is -0.361 e. The summed E-state index contributed by atoms with van der Waals surface area (Å²) in [5, 5.41) is 0. The fraction of sp³-hybridized carbons (Fsp3) is 0.345. The predicted molar refractivity (Wildman–Crippen MR) is 146 cm³/mol. The highest BCUT2D eigenvalue weighted by Gasteiger charge is 2.39. The summed E-state index contributed by atoms with van der Waals surface area (Å²) in [7, 11) is 1.60. The maximum Gasteiger partial charge on any atom is 0.417 e. The Bertz CT molecular complexity index is 1660. The first-order valence-electron chi connectivity index (χ1n) is 13.1. The molecule has 1 fully saturated rings. The first-order chi connectivity index (χ1) is 19.5. The number of aryl methyl sites for hydroxylation is 1. The first-order valence-corrected chi connectivity index (χ1v) is 13.1. The highest BCUT2D eigenvalue weighted by atomic mass is 19.4. The Kier molecular flexibility index (Phi) is 7.48. The third kappa shape index (κ3) is 5.37. The van der Waals surface area contributed by atoms with Crippen LogP contribution in [0.1, 0.15) is 43.1 Å². The van der Waals surface area contributed by atoms with Crippen LogP contribution in [-0.4, -0.2) is 49.6 Å². The number of halogens is 4. The number of fused-ring (bicyclic) bond motifs is 1. The number of piperazine rings is 1. The third-order valence-corrected chi connectivity index (χ3v) is 7.58. The van der Waals surface area contributed by atoms with Gasteiger partial charge >= 0.3 is 11.9 Å². The lowest BCUT2D eigenvalue weighted by molar-refractivity contribution is -0.137. The van der Waals surface area contributed by atoms with Crippen molar-refractivity contribution in [3.05, 3.63) is 99.3 Å². The number of anilines is 1. The van der Waals surface area contributed by atoms with Crippen molar-refractivity contribution in [1.82, 2.24) is 24.4 Å². The van der Waals surface area contributed by atoms with Crippen LogP contribution in [0.15, 0.2) is 59.5 Å². The zero-order valence-corrected chi connectivity index (χ0v) is 22.6.